The molecule has 0 radical (unpaired) electrons. The average Bonchev–Trinajstić information content (AvgIpc) is 2.86. The molecule has 1 heterocycles. The number of oxazole rings is 1. The van der Waals surface area contributed by atoms with Gasteiger partial charge in [-0.15, -0.1) is 0 Å². The summed E-state index contributed by atoms with van der Waals surface area (Å²) in [5.41, 5.74) is 9.10. The van der Waals surface area contributed by atoms with E-state index in [0.717, 1.165) is 33.8 Å². The molecular formula is C17H18N2O3. The monoisotopic (exact) mass is 298 g/mol. The van der Waals surface area contributed by atoms with E-state index in [9.17, 15) is 0 Å². The van der Waals surface area contributed by atoms with Crippen LogP contribution in [0.3, 0.4) is 0 Å². The number of nitrogen functional groups attached to an aromatic ring is 1. The van der Waals surface area contributed by atoms with E-state index in [2.05, 4.69) is 4.98 Å². The molecular weight excluding hydrogens is 280 g/mol. The third-order valence-electron chi connectivity index (χ3n) is 3.33. The van der Waals surface area contributed by atoms with Crippen LogP contribution in [0.2, 0.25) is 0 Å². The molecule has 0 aliphatic carbocycles. The maximum absolute atomic E-state index is 5.77. The summed E-state index contributed by atoms with van der Waals surface area (Å²) < 4.78 is 16.7. The minimum absolute atomic E-state index is 0.450. The fourth-order valence-corrected chi connectivity index (χ4v) is 2.17. The van der Waals surface area contributed by atoms with E-state index in [1.807, 2.05) is 50.2 Å². The van der Waals surface area contributed by atoms with Crippen molar-refractivity contribution in [3.8, 4) is 11.5 Å². The molecule has 0 fully saturated rings. The molecule has 114 valence electrons. The molecule has 1 aromatic heterocycles. The van der Waals surface area contributed by atoms with Crippen molar-refractivity contribution in [1.82, 2.24) is 4.98 Å². The number of benzene rings is 2. The second-order valence-corrected chi connectivity index (χ2v) is 5.08. The zero-order valence-corrected chi connectivity index (χ0v) is 12.6. The van der Waals surface area contributed by atoms with Gasteiger partial charge in [0.05, 0.1) is 0 Å². The molecule has 0 bridgehead atoms. The van der Waals surface area contributed by atoms with Gasteiger partial charge < -0.3 is 19.6 Å². The van der Waals surface area contributed by atoms with Crippen molar-refractivity contribution in [2.24, 2.45) is 0 Å². The number of anilines is 1. The highest BCUT2D eigenvalue weighted by molar-refractivity contribution is 5.74. The van der Waals surface area contributed by atoms with Gasteiger partial charge in [-0.25, -0.2) is 4.98 Å². The summed E-state index contributed by atoms with van der Waals surface area (Å²) in [4.78, 5) is 4.28. The van der Waals surface area contributed by atoms with Crippen molar-refractivity contribution >= 4 is 16.8 Å². The fraction of sp³-hybridized carbons (Fsp3) is 0.235. The molecule has 0 saturated heterocycles. The van der Waals surface area contributed by atoms with Crippen LogP contribution in [0.25, 0.3) is 11.1 Å². The summed E-state index contributed by atoms with van der Waals surface area (Å²) in [5.74, 6) is 2.19. The maximum Gasteiger partial charge on any atom is 0.192 e. The molecule has 0 unspecified atom stereocenters. The second-order valence-electron chi connectivity index (χ2n) is 5.08. The van der Waals surface area contributed by atoms with Crippen LogP contribution >= 0.6 is 0 Å². The van der Waals surface area contributed by atoms with Gasteiger partial charge in [-0.2, -0.15) is 0 Å². The maximum atomic E-state index is 5.77. The minimum atomic E-state index is 0.450. The van der Waals surface area contributed by atoms with Crippen molar-refractivity contribution in [3.63, 3.8) is 0 Å². The molecule has 0 saturated carbocycles. The lowest BCUT2D eigenvalue weighted by Crippen LogP contribution is -2.09. The summed E-state index contributed by atoms with van der Waals surface area (Å²) >= 11 is 0. The summed E-state index contributed by atoms with van der Waals surface area (Å²) in [6, 6.07) is 11.2. The first-order valence-electron chi connectivity index (χ1n) is 7.11. The lowest BCUT2D eigenvalue weighted by atomic mass is 10.2. The first-order chi connectivity index (χ1) is 10.6. The Morgan fingerprint density at radius 2 is 1.68 bits per heavy atom. The van der Waals surface area contributed by atoms with E-state index < -0.39 is 0 Å². The number of aromatic nitrogens is 1. The van der Waals surface area contributed by atoms with Gasteiger partial charge in [0.1, 0.15) is 30.2 Å². The lowest BCUT2D eigenvalue weighted by molar-refractivity contribution is 0.217. The number of nitrogens with zero attached hydrogens (tertiary/aromatic N) is 1. The van der Waals surface area contributed by atoms with Crippen molar-refractivity contribution < 1.29 is 13.9 Å². The molecule has 0 aliphatic heterocycles. The van der Waals surface area contributed by atoms with Gasteiger partial charge in [-0.05, 0) is 42.8 Å². The Morgan fingerprint density at radius 3 is 2.41 bits per heavy atom. The number of nitrogens with two attached hydrogens (primary N) is 1. The molecule has 2 N–H and O–H groups in total. The van der Waals surface area contributed by atoms with E-state index in [1.54, 1.807) is 0 Å². The van der Waals surface area contributed by atoms with Gasteiger partial charge in [0.25, 0.3) is 0 Å². The molecule has 2 aromatic carbocycles. The van der Waals surface area contributed by atoms with Crippen LogP contribution in [0.1, 0.15) is 11.5 Å². The number of fused-ring (bicyclic) bond motifs is 1. The lowest BCUT2D eigenvalue weighted by Gasteiger charge is -2.09. The van der Waals surface area contributed by atoms with Gasteiger partial charge >= 0.3 is 0 Å². The van der Waals surface area contributed by atoms with E-state index in [0.29, 0.717) is 19.1 Å². The van der Waals surface area contributed by atoms with Gasteiger partial charge in [0, 0.05) is 18.7 Å². The molecule has 0 amide bonds. The molecule has 5 heteroatoms. The number of rotatable bonds is 5. The zero-order valence-electron chi connectivity index (χ0n) is 12.6. The summed E-state index contributed by atoms with van der Waals surface area (Å²) in [6.45, 7) is 4.68. The first-order valence-corrected chi connectivity index (χ1v) is 7.11. The molecule has 22 heavy (non-hydrogen) atoms. The third-order valence-corrected chi connectivity index (χ3v) is 3.33. The van der Waals surface area contributed by atoms with Crippen LogP contribution in [0.15, 0.2) is 40.8 Å². The van der Waals surface area contributed by atoms with Gasteiger partial charge in [0.15, 0.2) is 11.5 Å². The second kappa shape index (κ2) is 5.97. The van der Waals surface area contributed by atoms with Crippen LogP contribution in [0.4, 0.5) is 5.69 Å². The molecule has 0 aliphatic rings. The fourth-order valence-electron chi connectivity index (χ4n) is 2.17. The third kappa shape index (κ3) is 3.14. The molecule has 0 spiro atoms. The highest BCUT2D eigenvalue weighted by Gasteiger charge is 2.04. The van der Waals surface area contributed by atoms with Gasteiger partial charge in [0.2, 0.25) is 0 Å². The normalized spacial score (nSPS) is 10.8. The Balaban J connectivity index is 1.54. The van der Waals surface area contributed by atoms with Crippen LogP contribution in [0.5, 0.6) is 11.5 Å². The number of aryl methyl sites for hydroxylation is 2. The average molecular weight is 298 g/mol. The molecule has 3 rings (SSSR count). The SMILES string of the molecule is Cc1nc2cc(OCCOc3ccc(N)c(C)c3)ccc2o1. The Morgan fingerprint density at radius 1 is 1.00 bits per heavy atom. The first kappa shape index (κ1) is 14.3. The molecule has 0 atom stereocenters. The Hall–Kier alpha value is -2.69. The van der Waals surface area contributed by atoms with Crippen molar-refractivity contribution in [1.29, 1.82) is 0 Å². The molecule has 5 nitrogen and oxygen atoms in total. The number of hydrogen-bond acceptors (Lipinski definition) is 5. The van der Waals surface area contributed by atoms with E-state index >= 15 is 0 Å². The quantitative estimate of drug-likeness (QED) is 0.577. The largest absolute Gasteiger partial charge is 0.490 e. The summed E-state index contributed by atoms with van der Waals surface area (Å²) in [6.07, 6.45) is 0. The Kier molecular flexibility index (Phi) is 3.87. The molecule has 3 aromatic rings. The van der Waals surface area contributed by atoms with E-state index in [1.165, 1.54) is 0 Å². The van der Waals surface area contributed by atoms with Crippen LogP contribution in [-0.4, -0.2) is 18.2 Å². The smallest absolute Gasteiger partial charge is 0.192 e. The highest BCUT2D eigenvalue weighted by atomic mass is 16.5. The van der Waals surface area contributed by atoms with Crippen molar-refractivity contribution in [2.75, 3.05) is 18.9 Å². The number of hydrogen-bond donors (Lipinski definition) is 1. The Labute approximate surface area is 128 Å². The predicted octanol–water partition coefficient (Wildman–Crippen LogP) is 3.48. The topological polar surface area (TPSA) is 70.5 Å². The van der Waals surface area contributed by atoms with Crippen LogP contribution in [-0.2, 0) is 0 Å². The van der Waals surface area contributed by atoms with E-state index in [-0.39, 0.29) is 0 Å². The van der Waals surface area contributed by atoms with E-state index in [4.69, 9.17) is 19.6 Å². The van der Waals surface area contributed by atoms with Crippen LogP contribution in [0, 0.1) is 13.8 Å². The standard InChI is InChI=1S/C17H18N2O3/c1-11-9-13(3-5-15(11)18)20-7-8-21-14-4-6-17-16(10-14)19-12(2)22-17/h3-6,9-10H,7-8,18H2,1-2H3. The highest BCUT2D eigenvalue weighted by Crippen LogP contribution is 2.21. The summed E-state index contributed by atoms with van der Waals surface area (Å²) in [5, 5.41) is 0. The minimum Gasteiger partial charge on any atom is -0.490 e. The number of ether oxygens (including phenoxy) is 2. The van der Waals surface area contributed by atoms with Gasteiger partial charge in [-0.1, -0.05) is 0 Å². The van der Waals surface area contributed by atoms with Crippen molar-refractivity contribution in [2.45, 2.75) is 13.8 Å². The Bertz CT molecular complexity index is 796. The summed E-state index contributed by atoms with van der Waals surface area (Å²) in [7, 11) is 0. The van der Waals surface area contributed by atoms with Crippen LogP contribution < -0.4 is 15.2 Å². The zero-order chi connectivity index (χ0) is 15.5. The van der Waals surface area contributed by atoms with Gasteiger partial charge in [-0.3, -0.25) is 0 Å². The predicted molar refractivity (Wildman–Crippen MR) is 85.3 cm³/mol. The van der Waals surface area contributed by atoms with Crippen molar-refractivity contribution in [3.05, 3.63) is 47.9 Å².